The van der Waals surface area contributed by atoms with Crippen LogP contribution in [0.25, 0.3) is 0 Å². The largest absolute Gasteiger partial charge is 0.508 e. The Hall–Kier alpha value is -1.94. The van der Waals surface area contributed by atoms with Crippen molar-refractivity contribution in [2.75, 3.05) is 6.61 Å². The molecule has 18 heavy (non-hydrogen) atoms. The molecule has 1 aromatic heterocycles. The third-order valence-electron chi connectivity index (χ3n) is 2.48. The number of phenols is 1. The van der Waals surface area contributed by atoms with E-state index in [1.165, 1.54) is 5.56 Å². The maximum absolute atomic E-state index is 9.17. The third kappa shape index (κ3) is 3.53. The second-order valence-electron chi connectivity index (χ2n) is 3.79. The van der Waals surface area contributed by atoms with Crippen molar-refractivity contribution in [1.82, 2.24) is 4.98 Å². The van der Waals surface area contributed by atoms with Crippen LogP contribution in [0.2, 0.25) is 0 Å². The summed E-state index contributed by atoms with van der Waals surface area (Å²) in [6.45, 7) is 0.531. The van der Waals surface area contributed by atoms with E-state index in [0.717, 1.165) is 12.0 Å². The van der Waals surface area contributed by atoms with Gasteiger partial charge in [0.1, 0.15) is 5.75 Å². The zero-order valence-electron chi connectivity index (χ0n) is 9.74. The molecule has 0 aliphatic carbocycles. The van der Waals surface area contributed by atoms with Gasteiger partial charge < -0.3 is 9.84 Å². The highest BCUT2D eigenvalue weighted by Crippen LogP contribution is 2.11. The van der Waals surface area contributed by atoms with E-state index in [1.54, 1.807) is 36.7 Å². The highest BCUT2D eigenvalue weighted by Gasteiger charge is 2.02. The first-order chi connectivity index (χ1) is 8.75. The number of rotatable bonds is 4. The second kappa shape index (κ2) is 6.12. The van der Waals surface area contributed by atoms with Gasteiger partial charge in [0.15, 0.2) is 5.05 Å². The third-order valence-corrected chi connectivity index (χ3v) is 2.83. The zero-order valence-corrected chi connectivity index (χ0v) is 10.6. The van der Waals surface area contributed by atoms with E-state index in [-0.39, 0.29) is 5.75 Å². The van der Waals surface area contributed by atoms with Crippen molar-refractivity contribution in [3.05, 3.63) is 59.9 Å². The van der Waals surface area contributed by atoms with E-state index in [2.05, 4.69) is 4.98 Å². The quantitative estimate of drug-likeness (QED) is 0.857. The number of hydrogen-bond donors (Lipinski definition) is 1. The molecule has 0 aliphatic rings. The molecular formula is C14H13NO2S. The van der Waals surface area contributed by atoms with Gasteiger partial charge in [-0.1, -0.05) is 0 Å². The summed E-state index contributed by atoms with van der Waals surface area (Å²) in [5.74, 6) is 0.221. The lowest BCUT2D eigenvalue weighted by atomic mass is 10.2. The minimum Gasteiger partial charge on any atom is -0.508 e. The predicted molar refractivity (Wildman–Crippen MR) is 73.7 cm³/mol. The van der Waals surface area contributed by atoms with Gasteiger partial charge in [-0.05, 0) is 54.2 Å². The molecule has 0 bridgehead atoms. The highest BCUT2D eigenvalue weighted by atomic mass is 32.1. The van der Waals surface area contributed by atoms with E-state index in [4.69, 9.17) is 17.0 Å². The summed E-state index contributed by atoms with van der Waals surface area (Å²) in [7, 11) is 0. The Kier molecular flexibility index (Phi) is 4.25. The minimum atomic E-state index is 0.221. The Morgan fingerprint density at radius 1 is 1.11 bits per heavy atom. The van der Waals surface area contributed by atoms with Gasteiger partial charge in [-0.15, -0.1) is 0 Å². The van der Waals surface area contributed by atoms with Crippen LogP contribution < -0.4 is 0 Å². The van der Waals surface area contributed by atoms with Gasteiger partial charge in [-0.25, -0.2) is 0 Å². The molecule has 1 aromatic carbocycles. The van der Waals surface area contributed by atoms with Crippen LogP contribution in [0.15, 0.2) is 48.8 Å². The number of aromatic nitrogens is 1. The van der Waals surface area contributed by atoms with E-state index < -0.39 is 0 Å². The van der Waals surface area contributed by atoms with Crippen LogP contribution in [-0.4, -0.2) is 21.7 Å². The van der Waals surface area contributed by atoms with E-state index in [1.807, 2.05) is 12.1 Å². The molecule has 1 N–H and O–H groups in total. The molecule has 3 nitrogen and oxygen atoms in total. The van der Waals surface area contributed by atoms with E-state index >= 15 is 0 Å². The molecule has 0 saturated carbocycles. The van der Waals surface area contributed by atoms with Crippen molar-refractivity contribution in [3.63, 3.8) is 0 Å². The monoisotopic (exact) mass is 259 g/mol. The smallest absolute Gasteiger partial charge is 0.191 e. The summed E-state index contributed by atoms with van der Waals surface area (Å²) < 4.78 is 5.50. The van der Waals surface area contributed by atoms with E-state index in [9.17, 15) is 5.11 Å². The summed E-state index contributed by atoms with van der Waals surface area (Å²) in [6.07, 6.45) is 4.31. The number of phenolic OH excluding ortho intramolecular Hbond substituents is 1. The maximum atomic E-state index is 9.17. The fourth-order valence-electron chi connectivity index (χ4n) is 1.49. The molecule has 0 spiro atoms. The molecule has 0 fully saturated rings. The Bertz CT molecular complexity index is 511. The van der Waals surface area contributed by atoms with Crippen molar-refractivity contribution < 1.29 is 9.84 Å². The maximum Gasteiger partial charge on any atom is 0.191 e. The van der Waals surface area contributed by atoms with E-state index in [0.29, 0.717) is 11.7 Å². The Labute approximate surface area is 111 Å². The zero-order chi connectivity index (χ0) is 12.8. The topological polar surface area (TPSA) is 42.4 Å². The van der Waals surface area contributed by atoms with Gasteiger partial charge in [0.2, 0.25) is 0 Å². The molecule has 2 aromatic rings. The lowest BCUT2D eigenvalue weighted by Gasteiger charge is -2.07. The van der Waals surface area contributed by atoms with Crippen LogP contribution in [0.5, 0.6) is 5.75 Å². The molecule has 0 atom stereocenters. The molecule has 92 valence electrons. The van der Waals surface area contributed by atoms with Crippen LogP contribution in [0.1, 0.15) is 11.1 Å². The van der Waals surface area contributed by atoms with Crippen LogP contribution in [-0.2, 0) is 11.2 Å². The van der Waals surface area contributed by atoms with Crippen LogP contribution in [0, 0.1) is 0 Å². The van der Waals surface area contributed by atoms with Gasteiger partial charge in [0.25, 0.3) is 0 Å². The Morgan fingerprint density at radius 2 is 1.78 bits per heavy atom. The fourth-order valence-corrected chi connectivity index (χ4v) is 1.71. The first-order valence-electron chi connectivity index (χ1n) is 5.61. The van der Waals surface area contributed by atoms with Crippen LogP contribution in [0.4, 0.5) is 0 Å². The molecule has 1 heterocycles. The molecule has 4 heteroatoms. The highest BCUT2D eigenvalue weighted by molar-refractivity contribution is 7.80. The summed E-state index contributed by atoms with van der Waals surface area (Å²) >= 11 is 5.16. The minimum absolute atomic E-state index is 0.221. The lowest BCUT2D eigenvalue weighted by molar-refractivity contribution is 0.318. The number of hydrogen-bond acceptors (Lipinski definition) is 4. The number of benzene rings is 1. The second-order valence-corrected chi connectivity index (χ2v) is 4.16. The number of pyridine rings is 1. The number of thiocarbonyl (C=S) groups is 1. The number of nitrogens with zero attached hydrogens (tertiary/aromatic N) is 1. The van der Waals surface area contributed by atoms with Crippen LogP contribution >= 0.6 is 12.2 Å². The van der Waals surface area contributed by atoms with Gasteiger partial charge in [0, 0.05) is 24.4 Å². The van der Waals surface area contributed by atoms with Crippen molar-refractivity contribution in [2.24, 2.45) is 0 Å². The SMILES string of the molecule is Oc1ccc(C(=S)OCCc2ccncc2)cc1. The molecule has 0 amide bonds. The molecule has 0 radical (unpaired) electrons. The normalized spacial score (nSPS) is 10.0. The number of aromatic hydroxyl groups is 1. The standard InChI is InChI=1S/C14H13NO2S/c16-13-3-1-12(2-4-13)14(18)17-10-7-11-5-8-15-9-6-11/h1-6,8-9,16H,7,10H2. The van der Waals surface area contributed by atoms with Crippen molar-refractivity contribution >= 4 is 17.3 Å². The molecule has 0 aliphatic heterocycles. The summed E-state index contributed by atoms with van der Waals surface area (Å²) in [5, 5.41) is 9.62. The predicted octanol–water partition coefficient (Wildman–Crippen LogP) is 2.72. The van der Waals surface area contributed by atoms with Crippen molar-refractivity contribution in [1.29, 1.82) is 0 Å². The Balaban J connectivity index is 1.84. The molecule has 0 unspecified atom stereocenters. The summed E-state index contributed by atoms with van der Waals surface area (Å²) in [4.78, 5) is 3.95. The summed E-state index contributed by atoms with van der Waals surface area (Å²) in [5.41, 5.74) is 1.97. The van der Waals surface area contributed by atoms with Gasteiger partial charge in [-0.2, -0.15) is 0 Å². The van der Waals surface area contributed by atoms with Gasteiger partial charge in [0.05, 0.1) is 6.61 Å². The molecule has 2 rings (SSSR count). The average Bonchev–Trinajstić information content (AvgIpc) is 2.40. The number of ether oxygens (including phenoxy) is 1. The first-order valence-corrected chi connectivity index (χ1v) is 6.01. The van der Waals surface area contributed by atoms with Crippen molar-refractivity contribution in [3.8, 4) is 5.75 Å². The summed E-state index contributed by atoms with van der Waals surface area (Å²) in [6, 6.07) is 10.6. The van der Waals surface area contributed by atoms with Gasteiger partial charge >= 0.3 is 0 Å². The fraction of sp³-hybridized carbons (Fsp3) is 0.143. The molecule has 0 saturated heterocycles. The van der Waals surface area contributed by atoms with Crippen molar-refractivity contribution in [2.45, 2.75) is 6.42 Å². The molecular weight excluding hydrogens is 246 g/mol. The van der Waals surface area contributed by atoms with Crippen LogP contribution in [0.3, 0.4) is 0 Å². The Morgan fingerprint density at radius 3 is 2.44 bits per heavy atom. The van der Waals surface area contributed by atoms with Gasteiger partial charge in [-0.3, -0.25) is 4.98 Å². The lowest BCUT2D eigenvalue weighted by Crippen LogP contribution is -2.06. The average molecular weight is 259 g/mol. The first kappa shape index (κ1) is 12.5.